The fourth-order valence-corrected chi connectivity index (χ4v) is 12.4. The molecule has 0 atom stereocenters. The van der Waals surface area contributed by atoms with Crippen molar-refractivity contribution in [3.63, 3.8) is 0 Å². The SMILES string of the molecule is CC(C)(C)c1ccc(-c2cc3ccccc3c3ccccc23)c(-c2cc(-c3cc(C(C)(C)C)ccc3-c3cc4ccccc4c4ccccc34)cc(-c3cc(C(C)(C)C)ccc3-c3cc4ccccc4c4ccccc34)c2)c1. The molecule has 0 amide bonds. The normalized spacial score (nSPS) is 12.4. The van der Waals surface area contributed by atoms with Crippen LogP contribution in [0.2, 0.25) is 0 Å². The second-order valence-corrected chi connectivity index (χ2v) is 24.9. The van der Waals surface area contributed by atoms with E-state index in [1.807, 2.05) is 0 Å². The van der Waals surface area contributed by atoms with Crippen LogP contribution >= 0.6 is 0 Å². The van der Waals surface area contributed by atoms with Gasteiger partial charge in [-0.2, -0.15) is 0 Å². The first kappa shape index (κ1) is 49.0. The van der Waals surface area contributed by atoms with E-state index in [0.29, 0.717) is 0 Å². The Labute approximate surface area is 460 Å². The summed E-state index contributed by atoms with van der Waals surface area (Å²) in [5.74, 6) is 0. The smallest absolute Gasteiger partial charge is 0.00928 e. The maximum absolute atomic E-state index is 2.52. The molecule has 0 aliphatic heterocycles. The molecule has 0 nitrogen and oxygen atoms in total. The van der Waals surface area contributed by atoms with Crippen LogP contribution in [0.5, 0.6) is 0 Å². The van der Waals surface area contributed by atoms with Crippen LogP contribution in [0.15, 0.2) is 237 Å². The molecule has 0 aliphatic rings. The third kappa shape index (κ3) is 8.56. The van der Waals surface area contributed by atoms with Crippen LogP contribution in [-0.2, 0) is 16.2 Å². The monoisotopic (exact) mass is 1000 g/mol. The molecule has 0 unspecified atom stereocenters. The molecule has 0 heterocycles. The summed E-state index contributed by atoms with van der Waals surface area (Å²) in [7, 11) is 0. The Kier molecular flexibility index (Phi) is 11.7. The Morgan fingerprint density at radius 2 is 0.410 bits per heavy atom. The molecule has 378 valence electrons. The topological polar surface area (TPSA) is 0 Å². The number of hydrogen-bond donors (Lipinski definition) is 0. The maximum atomic E-state index is 2.52. The highest BCUT2D eigenvalue weighted by Gasteiger charge is 2.25. The molecule has 0 fully saturated rings. The molecule has 13 aromatic carbocycles. The predicted octanol–water partition coefficient (Wildman–Crippen LogP) is 22.5. The molecule has 0 aliphatic carbocycles. The van der Waals surface area contributed by atoms with Gasteiger partial charge < -0.3 is 0 Å². The minimum atomic E-state index is -0.101. The van der Waals surface area contributed by atoms with Gasteiger partial charge in [0.1, 0.15) is 0 Å². The highest BCUT2D eigenvalue weighted by molar-refractivity contribution is 6.18. The molecule has 0 aromatic heterocycles. The predicted molar refractivity (Wildman–Crippen MR) is 340 cm³/mol. The summed E-state index contributed by atoms with van der Waals surface area (Å²) in [5.41, 5.74) is 18.2. The summed E-state index contributed by atoms with van der Waals surface area (Å²) in [5, 5.41) is 15.1. The van der Waals surface area contributed by atoms with Crippen molar-refractivity contribution in [2.24, 2.45) is 0 Å². The van der Waals surface area contributed by atoms with Gasteiger partial charge in [0.05, 0.1) is 0 Å². The summed E-state index contributed by atoms with van der Waals surface area (Å²) < 4.78 is 0. The first-order valence-corrected chi connectivity index (χ1v) is 27.9. The zero-order valence-electron chi connectivity index (χ0n) is 46.5. The molecular weight excluding hydrogens is 937 g/mol. The van der Waals surface area contributed by atoms with E-state index in [-0.39, 0.29) is 16.2 Å². The molecule has 0 radical (unpaired) electrons. The largest absolute Gasteiger partial charge is 0.0616 e. The third-order valence-corrected chi connectivity index (χ3v) is 16.7. The van der Waals surface area contributed by atoms with E-state index in [0.717, 1.165) is 0 Å². The Hall–Kier alpha value is -8.58. The van der Waals surface area contributed by atoms with Crippen LogP contribution in [0.3, 0.4) is 0 Å². The van der Waals surface area contributed by atoms with E-state index in [1.165, 1.54) is 148 Å². The lowest BCUT2D eigenvalue weighted by atomic mass is 9.79. The van der Waals surface area contributed by atoms with Crippen LogP contribution in [0.1, 0.15) is 79.0 Å². The molecule has 13 rings (SSSR count). The van der Waals surface area contributed by atoms with Crippen LogP contribution in [0.25, 0.3) is 131 Å². The first-order valence-electron chi connectivity index (χ1n) is 27.9. The summed E-state index contributed by atoms with van der Waals surface area (Å²) >= 11 is 0. The quantitative estimate of drug-likeness (QED) is 0.146. The lowest BCUT2D eigenvalue weighted by Gasteiger charge is -2.25. The van der Waals surface area contributed by atoms with E-state index in [9.17, 15) is 0 Å². The minimum absolute atomic E-state index is 0.101. The lowest BCUT2D eigenvalue weighted by molar-refractivity contribution is 0.590. The molecule has 13 aromatic rings. The van der Waals surface area contributed by atoms with Crippen molar-refractivity contribution in [2.75, 3.05) is 0 Å². The first-order chi connectivity index (χ1) is 37.6. The van der Waals surface area contributed by atoms with Gasteiger partial charge in [0.2, 0.25) is 0 Å². The zero-order valence-corrected chi connectivity index (χ0v) is 46.5. The minimum Gasteiger partial charge on any atom is -0.0616 e. The van der Waals surface area contributed by atoms with Crippen LogP contribution in [-0.4, -0.2) is 0 Å². The summed E-state index contributed by atoms with van der Waals surface area (Å²) in [6.45, 7) is 21.1. The van der Waals surface area contributed by atoms with Crippen LogP contribution in [0, 0.1) is 0 Å². The number of hydrogen-bond acceptors (Lipinski definition) is 0. The lowest BCUT2D eigenvalue weighted by Crippen LogP contribution is -2.11. The maximum Gasteiger partial charge on any atom is -0.00928 e. The van der Waals surface area contributed by atoms with E-state index in [4.69, 9.17) is 0 Å². The third-order valence-electron chi connectivity index (χ3n) is 16.7. The van der Waals surface area contributed by atoms with Gasteiger partial charge in [0, 0.05) is 0 Å². The molecule has 0 saturated heterocycles. The van der Waals surface area contributed by atoms with Gasteiger partial charge >= 0.3 is 0 Å². The molecule has 0 saturated carbocycles. The van der Waals surface area contributed by atoms with E-state index in [1.54, 1.807) is 0 Å². The van der Waals surface area contributed by atoms with Crippen molar-refractivity contribution >= 4 is 64.6 Å². The molecular formula is C78H66. The van der Waals surface area contributed by atoms with Gasteiger partial charge in [-0.25, -0.2) is 0 Å². The molecule has 0 bridgehead atoms. The fraction of sp³-hybridized carbons (Fsp3) is 0.154. The fourth-order valence-electron chi connectivity index (χ4n) is 12.4. The average Bonchev–Trinajstić information content (AvgIpc) is 3.54. The van der Waals surface area contributed by atoms with Crippen molar-refractivity contribution in [3.05, 3.63) is 253 Å². The summed E-state index contributed by atoms with van der Waals surface area (Å²) in [4.78, 5) is 0. The molecule has 0 N–H and O–H groups in total. The van der Waals surface area contributed by atoms with Crippen molar-refractivity contribution < 1.29 is 0 Å². The standard InChI is InChI=1S/C78H66/c1-76(2,3)55-34-37-67(73-43-49-22-10-13-25-58(49)61-28-16-19-31-64(61)73)70(46-55)52-40-53(71-47-56(77(4,5)6)35-38-68(71)74-44-50-23-11-14-26-59(50)62-29-17-20-32-65(62)74)42-54(41-52)72-48-57(78(7,8)9)36-39-69(72)75-45-51-24-12-15-27-60(51)63-30-18-21-33-66(63)75/h10-48H,1-9H3. The van der Waals surface area contributed by atoms with Crippen molar-refractivity contribution in [2.45, 2.75) is 78.6 Å². The van der Waals surface area contributed by atoms with Crippen LogP contribution in [0.4, 0.5) is 0 Å². The van der Waals surface area contributed by atoms with E-state index < -0.39 is 0 Å². The van der Waals surface area contributed by atoms with Gasteiger partial charge in [-0.05, 0) is 201 Å². The van der Waals surface area contributed by atoms with Gasteiger partial charge in [-0.15, -0.1) is 0 Å². The van der Waals surface area contributed by atoms with Gasteiger partial charge in [0.25, 0.3) is 0 Å². The van der Waals surface area contributed by atoms with E-state index >= 15 is 0 Å². The number of benzene rings is 13. The van der Waals surface area contributed by atoms with Crippen molar-refractivity contribution in [1.82, 2.24) is 0 Å². The molecule has 0 spiro atoms. The second kappa shape index (κ2) is 18.6. The molecule has 78 heavy (non-hydrogen) atoms. The van der Waals surface area contributed by atoms with Crippen molar-refractivity contribution in [1.29, 1.82) is 0 Å². The highest BCUT2D eigenvalue weighted by Crippen LogP contribution is 2.49. The van der Waals surface area contributed by atoms with E-state index in [2.05, 4.69) is 299 Å². The van der Waals surface area contributed by atoms with Gasteiger partial charge in [0.15, 0.2) is 0 Å². The Balaban J connectivity index is 1.18. The number of rotatable bonds is 6. The van der Waals surface area contributed by atoms with Gasteiger partial charge in [-0.1, -0.05) is 263 Å². The average molecular weight is 1000 g/mol. The Bertz CT molecular complexity index is 4060. The highest BCUT2D eigenvalue weighted by atomic mass is 14.3. The number of fused-ring (bicyclic) bond motifs is 9. The molecule has 0 heteroatoms. The van der Waals surface area contributed by atoms with Crippen molar-refractivity contribution in [3.8, 4) is 66.8 Å². The summed E-state index contributed by atoms with van der Waals surface area (Å²) in [6, 6.07) is 90.4. The zero-order chi connectivity index (χ0) is 53.7. The van der Waals surface area contributed by atoms with Gasteiger partial charge in [-0.3, -0.25) is 0 Å². The Morgan fingerprint density at radius 3 is 0.667 bits per heavy atom. The Morgan fingerprint density at radius 1 is 0.179 bits per heavy atom. The second-order valence-electron chi connectivity index (χ2n) is 24.9. The summed E-state index contributed by atoms with van der Waals surface area (Å²) in [6.07, 6.45) is 0. The van der Waals surface area contributed by atoms with Crippen LogP contribution < -0.4 is 0 Å².